The standard InChI is InChI=1S/C12H15ClN2O4/c1-3-4-14-12(18)15-9-6-10(19-2)7(11(16)17)5-8(9)13/h5-6H,3-4H2,1-2H3,(H,16,17)(H2,14,15,18). The number of benzene rings is 1. The molecule has 0 fully saturated rings. The molecular formula is C12H15ClN2O4. The van der Waals surface area contributed by atoms with Gasteiger partial charge in [-0.25, -0.2) is 9.59 Å². The minimum absolute atomic E-state index is 0.0629. The summed E-state index contributed by atoms with van der Waals surface area (Å²) in [5.41, 5.74) is 0.226. The van der Waals surface area contributed by atoms with E-state index in [0.29, 0.717) is 6.54 Å². The monoisotopic (exact) mass is 286 g/mol. The number of urea groups is 1. The number of carbonyl (C=O) groups excluding carboxylic acids is 1. The lowest BCUT2D eigenvalue weighted by atomic mass is 10.2. The minimum Gasteiger partial charge on any atom is -0.496 e. The van der Waals surface area contributed by atoms with Crippen LogP contribution in [-0.4, -0.2) is 30.8 Å². The van der Waals surface area contributed by atoms with E-state index >= 15 is 0 Å². The van der Waals surface area contributed by atoms with Gasteiger partial charge in [-0.3, -0.25) is 0 Å². The van der Waals surface area contributed by atoms with Crippen LogP contribution in [0.3, 0.4) is 0 Å². The highest BCUT2D eigenvalue weighted by molar-refractivity contribution is 6.34. The van der Waals surface area contributed by atoms with Crippen LogP contribution in [0.4, 0.5) is 10.5 Å². The molecule has 0 radical (unpaired) electrons. The zero-order valence-corrected chi connectivity index (χ0v) is 11.4. The fourth-order valence-electron chi connectivity index (χ4n) is 1.39. The number of methoxy groups -OCH3 is 1. The third kappa shape index (κ3) is 4.03. The van der Waals surface area contributed by atoms with Gasteiger partial charge in [0.2, 0.25) is 0 Å². The molecule has 6 nitrogen and oxygen atoms in total. The van der Waals surface area contributed by atoms with Crippen LogP contribution in [0, 0.1) is 0 Å². The molecule has 19 heavy (non-hydrogen) atoms. The largest absolute Gasteiger partial charge is 0.496 e. The van der Waals surface area contributed by atoms with Gasteiger partial charge in [0.05, 0.1) is 17.8 Å². The zero-order valence-electron chi connectivity index (χ0n) is 10.6. The first-order chi connectivity index (χ1) is 8.99. The Bertz CT molecular complexity index is 491. The van der Waals surface area contributed by atoms with Crippen molar-refractivity contribution >= 4 is 29.3 Å². The van der Waals surface area contributed by atoms with Crippen molar-refractivity contribution in [3.05, 3.63) is 22.7 Å². The van der Waals surface area contributed by atoms with Crippen LogP contribution in [-0.2, 0) is 0 Å². The fraction of sp³-hybridized carbons (Fsp3) is 0.333. The summed E-state index contributed by atoms with van der Waals surface area (Å²) in [4.78, 5) is 22.5. The van der Waals surface area contributed by atoms with Crippen LogP contribution in [0.25, 0.3) is 0 Å². The van der Waals surface area contributed by atoms with Gasteiger partial charge in [0.25, 0.3) is 0 Å². The Morgan fingerprint density at radius 3 is 2.63 bits per heavy atom. The van der Waals surface area contributed by atoms with Crippen molar-refractivity contribution in [2.24, 2.45) is 0 Å². The SMILES string of the molecule is CCCNC(=O)Nc1cc(OC)c(C(=O)O)cc1Cl. The van der Waals surface area contributed by atoms with Crippen LogP contribution < -0.4 is 15.4 Å². The molecule has 0 atom stereocenters. The van der Waals surface area contributed by atoms with Crippen LogP contribution in [0.2, 0.25) is 5.02 Å². The fourth-order valence-corrected chi connectivity index (χ4v) is 1.60. The molecule has 0 saturated carbocycles. The zero-order chi connectivity index (χ0) is 14.4. The molecule has 0 aliphatic heterocycles. The summed E-state index contributed by atoms with van der Waals surface area (Å²) in [5, 5.41) is 14.2. The molecule has 104 valence electrons. The lowest BCUT2D eigenvalue weighted by Gasteiger charge is -2.12. The molecule has 0 aliphatic carbocycles. The Labute approximate surface area is 115 Å². The summed E-state index contributed by atoms with van der Waals surface area (Å²) in [6, 6.07) is 2.20. The molecule has 0 aromatic heterocycles. The van der Waals surface area contributed by atoms with Crippen molar-refractivity contribution in [3.63, 3.8) is 0 Å². The third-order valence-electron chi connectivity index (χ3n) is 2.30. The summed E-state index contributed by atoms with van der Waals surface area (Å²) in [5.74, 6) is -1.02. The lowest BCUT2D eigenvalue weighted by Crippen LogP contribution is -2.29. The van der Waals surface area contributed by atoms with Crippen molar-refractivity contribution in [2.75, 3.05) is 19.0 Å². The van der Waals surface area contributed by atoms with Crippen LogP contribution in [0.5, 0.6) is 5.75 Å². The van der Waals surface area contributed by atoms with Crippen LogP contribution in [0.15, 0.2) is 12.1 Å². The first-order valence-corrected chi connectivity index (χ1v) is 6.03. The quantitative estimate of drug-likeness (QED) is 0.776. The van der Waals surface area contributed by atoms with E-state index in [9.17, 15) is 9.59 Å². The second-order valence-corrected chi connectivity index (χ2v) is 4.13. The molecule has 0 heterocycles. The Balaban J connectivity index is 2.96. The normalized spacial score (nSPS) is 9.84. The topological polar surface area (TPSA) is 87.7 Å². The van der Waals surface area contributed by atoms with Crippen molar-refractivity contribution < 1.29 is 19.4 Å². The van der Waals surface area contributed by atoms with Crippen LogP contribution >= 0.6 is 11.6 Å². The Kier molecular flexibility index (Phi) is 5.44. The van der Waals surface area contributed by atoms with Crippen LogP contribution in [0.1, 0.15) is 23.7 Å². The molecule has 7 heteroatoms. The number of carboxylic acid groups (broad SMARTS) is 1. The lowest BCUT2D eigenvalue weighted by molar-refractivity contribution is 0.0693. The van der Waals surface area contributed by atoms with E-state index in [1.54, 1.807) is 0 Å². The molecule has 0 unspecified atom stereocenters. The summed E-state index contributed by atoms with van der Waals surface area (Å²) in [7, 11) is 1.34. The molecule has 0 spiro atoms. The van der Waals surface area contributed by atoms with Gasteiger partial charge in [-0.2, -0.15) is 0 Å². The number of amides is 2. The van der Waals surface area contributed by atoms with Gasteiger partial charge in [0, 0.05) is 12.6 Å². The van der Waals surface area contributed by atoms with E-state index in [1.807, 2.05) is 6.92 Å². The number of aromatic carboxylic acids is 1. The van der Waals surface area contributed by atoms with Gasteiger partial charge < -0.3 is 20.5 Å². The van der Waals surface area contributed by atoms with E-state index in [1.165, 1.54) is 19.2 Å². The number of carbonyl (C=O) groups is 2. The first kappa shape index (κ1) is 15.1. The predicted octanol–water partition coefficient (Wildman–Crippen LogP) is 2.58. The second-order valence-electron chi connectivity index (χ2n) is 3.72. The van der Waals surface area contributed by atoms with Gasteiger partial charge in [0.15, 0.2) is 0 Å². The Morgan fingerprint density at radius 1 is 1.42 bits per heavy atom. The number of ether oxygens (including phenoxy) is 1. The Hall–Kier alpha value is -1.95. The maximum Gasteiger partial charge on any atom is 0.339 e. The van der Waals surface area contributed by atoms with E-state index < -0.39 is 12.0 Å². The Morgan fingerprint density at radius 2 is 2.11 bits per heavy atom. The van der Waals surface area contributed by atoms with E-state index in [4.69, 9.17) is 21.4 Å². The summed E-state index contributed by atoms with van der Waals surface area (Å²) >= 11 is 5.92. The highest BCUT2D eigenvalue weighted by atomic mass is 35.5. The van der Waals surface area contributed by atoms with Gasteiger partial charge in [-0.05, 0) is 12.5 Å². The average Bonchev–Trinajstić information content (AvgIpc) is 2.38. The molecule has 1 aromatic rings. The van der Waals surface area contributed by atoms with Crippen molar-refractivity contribution in [1.29, 1.82) is 0 Å². The second kappa shape index (κ2) is 6.84. The molecule has 0 saturated heterocycles. The number of carboxylic acids is 1. The minimum atomic E-state index is -1.15. The van der Waals surface area contributed by atoms with E-state index in [0.717, 1.165) is 6.42 Å². The maximum atomic E-state index is 11.5. The number of halogens is 1. The van der Waals surface area contributed by atoms with Crippen molar-refractivity contribution in [1.82, 2.24) is 5.32 Å². The highest BCUT2D eigenvalue weighted by Crippen LogP contribution is 2.30. The molecule has 1 aromatic carbocycles. The number of hydrogen-bond acceptors (Lipinski definition) is 3. The highest BCUT2D eigenvalue weighted by Gasteiger charge is 2.15. The summed E-state index contributed by atoms with van der Waals surface area (Å²) in [6.45, 7) is 2.46. The van der Waals surface area contributed by atoms with Gasteiger partial charge in [-0.1, -0.05) is 18.5 Å². The van der Waals surface area contributed by atoms with Crippen molar-refractivity contribution in [3.8, 4) is 5.75 Å². The van der Waals surface area contributed by atoms with Gasteiger partial charge >= 0.3 is 12.0 Å². The number of anilines is 1. The first-order valence-electron chi connectivity index (χ1n) is 5.65. The van der Waals surface area contributed by atoms with Gasteiger partial charge in [0.1, 0.15) is 11.3 Å². The average molecular weight is 287 g/mol. The molecule has 0 bridgehead atoms. The summed E-state index contributed by atoms with van der Waals surface area (Å²) < 4.78 is 4.95. The molecule has 0 aliphatic rings. The molecule has 2 amide bonds. The van der Waals surface area contributed by atoms with E-state index in [-0.39, 0.29) is 22.0 Å². The smallest absolute Gasteiger partial charge is 0.339 e. The molecule has 1 rings (SSSR count). The number of nitrogens with one attached hydrogen (secondary N) is 2. The molecular weight excluding hydrogens is 272 g/mol. The summed E-state index contributed by atoms with van der Waals surface area (Å²) in [6.07, 6.45) is 0.808. The number of hydrogen-bond donors (Lipinski definition) is 3. The van der Waals surface area contributed by atoms with Crippen molar-refractivity contribution in [2.45, 2.75) is 13.3 Å². The maximum absolute atomic E-state index is 11.5. The molecule has 3 N–H and O–H groups in total. The van der Waals surface area contributed by atoms with Gasteiger partial charge in [-0.15, -0.1) is 0 Å². The third-order valence-corrected chi connectivity index (χ3v) is 2.62. The number of rotatable bonds is 5. The predicted molar refractivity (Wildman–Crippen MR) is 72.3 cm³/mol. The van der Waals surface area contributed by atoms with E-state index in [2.05, 4.69) is 10.6 Å².